The first-order chi connectivity index (χ1) is 13.3. The Hall–Kier alpha value is -1.74. The normalized spacial score (nSPS) is 32.3. The Labute approximate surface area is 163 Å². The summed E-state index contributed by atoms with van der Waals surface area (Å²) in [4.78, 5) is 0. The molecule has 3 nitrogen and oxygen atoms in total. The van der Waals surface area contributed by atoms with Gasteiger partial charge in [-0.2, -0.15) is 0 Å². The van der Waals surface area contributed by atoms with E-state index in [1.807, 2.05) is 7.11 Å². The van der Waals surface area contributed by atoms with Gasteiger partial charge in [-0.1, -0.05) is 25.0 Å². The molecule has 3 aliphatic rings. The zero-order chi connectivity index (χ0) is 18.8. The summed E-state index contributed by atoms with van der Waals surface area (Å²) in [5.74, 6) is 5.00. The third-order valence-electron chi connectivity index (χ3n) is 7.05. The average molecular weight is 369 g/mol. The maximum absolute atomic E-state index is 5.74. The minimum absolute atomic E-state index is 0.447. The molecule has 1 aromatic rings. The molecule has 0 amide bonds. The first-order valence-electron chi connectivity index (χ1n) is 10.4. The van der Waals surface area contributed by atoms with E-state index in [1.165, 1.54) is 36.8 Å². The standard InChI is InChI=1S/C24H32O3/c1-25-15-23-20-13-12-18(27-3)14-22(20)19-6-4-5-7-21(19)24(23)16-8-10-17(26-2)11-9-16/h8,10-14,16,19,21,23-24H,4-7,9,15H2,1-3H3/t16?,19-,21+,23+,24+/m1/s1. The predicted molar refractivity (Wildman–Crippen MR) is 108 cm³/mol. The Morgan fingerprint density at radius 3 is 2.56 bits per heavy atom. The predicted octanol–water partition coefficient (Wildman–Crippen LogP) is 5.44. The smallest absolute Gasteiger partial charge is 0.119 e. The van der Waals surface area contributed by atoms with E-state index in [0.29, 0.717) is 23.7 Å². The van der Waals surface area contributed by atoms with Crippen molar-refractivity contribution >= 4 is 0 Å². The van der Waals surface area contributed by atoms with Gasteiger partial charge in [-0.05, 0) is 78.3 Å². The van der Waals surface area contributed by atoms with Crippen molar-refractivity contribution in [3.63, 3.8) is 0 Å². The van der Waals surface area contributed by atoms with Gasteiger partial charge in [0.05, 0.1) is 20.8 Å². The van der Waals surface area contributed by atoms with E-state index >= 15 is 0 Å². The summed E-state index contributed by atoms with van der Waals surface area (Å²) in [6, 6.07) is 6.73. The molecule has 0 heterocycles. The van der Waals surface area contributed by atoms with Crippen LogP contribution in [-0.4, -0.2) is 27.9 Å². The van der Waals surface area contributed by atoms with E-state index in [-0.39, 0.29) is 0 Å². The van der Waals surface area contributed by atoms with Gasteiger partial charge in [0, 0.05) is 13.0 Å². The van der Waals surface area contributed by atoms with Gasteiger partial charge in [0.1, 0.15) is 11.5 Å². The fraction of sp³-hybridized carbons (Fsp3) is 0.583. The van der Waals surface area contributed by atoms with Crippen LogP contribution in [0.1, 0.15) is 55.1 Å². The van der Waals surface area contributed by atoms with Crippen LogP contribution in [-0.2, 0) is 9.47 Å². The molecule has 0 bridgehead atoms. The number of hydrogen-bond acceptors (Lipinski definition) is 3. The molecule has 1 saturated carbocycles. The fourth-order valence-electron chi connectivity index (χ4n) is 5.90. The van der Waals surface area contributed by atoms with Crippen LogP contribution in [0.25, 0.3) is 0 Å². The third kappa shape index (κ3) is 3.42. The molecule has 0 aromatic heterocycles. The van der Waals surface area contributed by atoms with Crippen molar-refractivity contribution in [2.45, 2.75) is 43.9 Å². The maximum atomic E-state index is 5.74. The van der Waals surface area contributed by atoms with Crippen molar-refractivity contribution < 1.29 is 14.2 Å². The summed E-state index contributed by atoms with van der Waals surface area (Å²) < 4.78 is 16.7. The van der Waals surface area contributed by atoms with E-state index in [1.54, 1.807) is 14.2 Å². The molecule has 1 aromatic carbocycles. The molecule has 5 atom stereocenters. The maximum Gasteiger partial charge on any atom is 0.119 e. The quantitative estimate of drug-likeness (QED) is 0.693. The number of hydrogen-bond donors (Lipinski definition) is 0. The van der Waals surface area contributed by atoms with E-state index in [0.717, 1.165) is 30.5 Å². The highest BCUT2D eigenvalue weighted by molar-refractivity contribution is 5.44. The molecule has 27 heavy (non-hydrogen) atoms. The highest BCUT2D eigenvalue weighted by Gasteiger charge is 2.46. The zero-order valence-electron chi connectivity index (χ0n) is 16.8. The van der Waals surface area contributed by atoms with Crippen molar-refractivity contribution in [2.75, 3.05) is 27.9 Å². The van der Waals surface area contributed by atoms with Gasteiger partial charge < -0.3 is 14.2 Å². The number of benzene rings is 1. The summed E-state index contributed by atoms with van der Waals surface area (Å²) >= 11 is 0. The minimum Gasteiger partial charge on any atom is -0.497 e. The molecule has 1 unspecified atom stereocenters. The summed E-state index contributed by atoms with van der Waals surface area (Å²) in [6.45, 7) is 0.790. The first kappa shape index (κ1) is 18.6. The van der Waals surface area contributed by atoms with Crippen LogP contribution in [0.3, 0.4) is 0 Å². The molecule has 4 rings (SSSR count). The van der Waals surface area contributed by atoms with Gasteiger partial charge in [-0.15, -0.1) is 0 Å². The molecule has 0 N–H and O–H groups in total. The number of fused-ring (bicyclic) bond motifs is 3. The van der Waals surface area contributed by atoms with Crippen molar-refractivity contribution in [2.24, 2.45) is 17.8 Å². The van der Waals surface area contributed by atoms with Gasteiger partial charge in [0.2, 0.25) is 0 Å². The monoisotopic (exact) mass is 368 g/mol. The Bertz CT molecular complexity index is 720. The SMILES string of the molecule is COC[C@H]1c2ccc(OC)cc2[C@@H]2CCCC[C@@H]2[C@@H]1C1C=CC(OC)=CC1. The first-order valence-corrected chi connectivity index (χ1v) is 10.4. The zero-order valence-corrected chi connectivity index (χ0v) is 16.8. The van der Waals surface area contributed by atoms with Crippen LogP contribution in [0, 0.1) is 17.8 Å². The highest BCUT2D eigenvalue weighted by atomic mass is 16.5. The Balaban J connectivity index is 1.75. The lowest BCUT2D eigenvalue weighted by Crippen LogP contribution is -2.40. The largest absolute Gasteiger partial charge is 0.497 e. The van der Waals surface area contributed by atoms with Gasteiger partial charge in [-0.25, -0.2) is 0 Å². The molecule has 3 heteroatoms. The summed E-state index contributed by atoms with van der Waals surface area (Å²) in [7, 11) is 5.36. The fourth-order valence-corrected chi connectivity index (χ4v) is 5.90. The molecular formula is C24H32O3. The summed E-state index contributed by atoms with van der Waals surface area (Å²) in [6.07, 6.45) is 13.2. The lowest BCUT2D eigenvalue weighted by molar-refractivity contribution is 0.0747. The van der Waals surface area contributed by atoms with Gasteiger partial charge in [0.25, 0.3) is 0 Å². The topological polar surface area (TPSA) is 27.7 Å². The number of allylic oxidation sites excluding steroid dienone is 3. The molecule has 146 valence electrons. The molecule has 0 saturated heterocycles. The molecule has 0 radical (unpaired) electrons. The van der Waals surface area contributed by atoms with Gasteiger partial charge in [-0.3, -0.25) is 0 Å². The average Bonchev–Trinajstić information content (AvgIpc) is 2.74. The van der Waals surface area contributed by atoms with E-state index in [2.05, 4.69) is 36.4 Å². The number of ether oxygens (including phenoxy) is 3. The van der Waals surface area contributed by atoms with Crippen LogP contribution in [0.5, 0.6) is 5.75 Å². The lowest BCUT2D eigenvalue weighted by Gasteiger charge is -2.49. The lowest BCUT2D eigenvalue weighted by atomic mass is 9.55. The number of rotatable bonds is 5. The van der Waals surface area contributed by atoms with Crippen LogP contribution < -0.4 is 4.74 Å². The van der Waals surface area contributed by atoms with Crippen LogP contribution in [0.15, 0.2) is 42.2 Å². The van der Waals surface area contributed by atoms with Crippen LogP contribution in [0.2, 0.25) is 0 Å². The Morgan fingerprint density at radius 1 is 1.00 bits per heavy atom. The molecule has 1 fully saturated rings. The Kier molecular flexibility index (Phi) is 5.58. The molecule has 0 aliphatic heterocycles. The summed E-state index contributed by atoms with van der Waals surface area (Å²) in [5.41, 5.74) is 3.01. The minimum atomic E-state index is 0.447. The van der Waals surface area contributed by atoms with E-state index in [4.69, 9.17) is 14.2 Å². The van der Waals surface area contributed by atoms with Crippen molar-refractivity contribution in [3.05, 3.63) is 53.3 Å². The molecular weight excluding hydrogens is 336 g/mol. The van der Waals surface area contributed by atoms with Crippen molar-refractivity contribution in [1.82, 2.24) is 0 Å². The van der Waals surface area contributed by atoms with Crippen molar-refractivity contribution in [3.8, 4) is 5.75 Å². The summed E-state index contributed by atoms with van der Waals surface area (Å²) in [5, 5.41) is 0. The van der Waals surface area contributed by atoms with Crippen molar-refractivity contribution in [1.29, 1.82) is 0 Å². The van der Waals surface area contributed by atoms with Gasteiger partial charge >= 0.3 is 0 Å². The molecule has 3 aliphatic carbocycles. The van der Waals surface area contributed by atoms with E-state index < -0.39 is 0 Å². The third-order valence-corrected chi connectivity index (χ3v) is 7.05. The van der Waals surface area contributed by atoms with Gasteiger partial charge in [0.15, 0.2) is 0 Å². The van der Waals surface area contributed by atoms with E-state index in [9.17, 15) is 0 Å². The molecule has 0 spiro atoms. The van der Waals surface area contributed by atoms with Crippen LogP contribution >= 0.6 is 0 Å². The van der Waals surface area contributed by atoms with Crippen LogP contribution in [0.4, 0.5) is 0 Å². The second-order valence-corrected chi connectivity index (χ2v) is 8.26. The second kappa shape index (κ2) is 8.10. The highest BCUT2D eigenvalue weighted by Crippen LogP contribution is 2.56. The Morgan fingerprint density at radius 2 is 1.85 bits per heavy atom. The second-order valence-electron chi connectivity index (χ2n) is 8.26. The number of methoxy groups -OCH3 is 3.